The molecule has 1 aromatic rings. The largest absolute Gasteiger partial charge is 0.391 e. The second-order valence-electron chi connectivity index (χ2n) is 3.19. The molecule has 1 heterocycles. The van der Waals surface area contributed by atoms with Gasteiger partial charge in [-0.1, -0.05) is 0 Å². The van der Waals surface area contributed by atoms with Crippen molar-refractivity contribution in [3.05, 3.63) is 23.8 Å². The number of ketones is 1. The van der Waals surface area contributed by atoms with Gasteiger partial charge in [0.25, 0.3) is 0 Å². The van der Waals surface area contributed by atoms with Crippen LogP contribution in [0.2, 0.25) is 0 Å². The summed E-state index contributed by atoms with van der Waals surface area (Å²) in [7, 11) is 0. The second kappa shape index (κ2) is 4.92. The van der Waals surface area contributed by atoms with Crippen molar-refractivity contribution in [2.75, 3.05) is 0 Å². The minimum atomic E-state index is -0.967. The molecule has 0 spiro atoms. The Bertz CT molecular complexity index is 354. The lowest BCUT2D eigenvalue weighted by molar-refractivity contribution is 0.0842. The van der Waals surface area contributed by atoms with E-state index in [1.165, 1.54) is 19.2 Å². The van der Waals surface area contributed by atoms with Gasteiger partial charge in [-0.05, 0) is 13.0 Å². The number of aliphatic hydroxyl groups excluding tert-OH is 1. The fourth-order valence-electron chi connectivity index (χ4n) is 1.02. The van der Waals surface area contributed by atoms with Gasteiger partial charge in [0.2, 0.25) is 5.78 Å². The van der Waals surface area contributed by atoms with Crippen LogP contribution >= 0.6 is 0 Å². The van der Waals surface area contributed by atoms with Crippen molar-refractivity contribution in [2.45, 2.75) is 25.6 Å². The highest BCUT2D eigenvalue weighted by Crippen LogP contribution is 2.02. The zero-order valence-electron chi connectivity index (χ0n) is 8.42. The number of aromatic nitrogens is 2. The first-order valence-electron chi connectivity index (χ1n) is 4.56. The fraction of sp³-hybridized carbons (Fsp3) is 0.444. The molecule has 0 saturated carbocycles. The first-order chi connectivity index (χ1) is 7.06. The molecule has 15 heavy (non-hydrogen) atoms. The van der Waals surface area contributed by atoms with Crippen molar-refractivity contribution in [3.63, 3.8) is 0 Å². The summed E-state index contributed by atoms with van der Waals surface area (Å²) in [4.78, 5) is 19.4. The minimum Gasteiger partial charge on any atom is -0.391 e. The smallest absolute Gasteiger partial charge is 0.200 e. The van der Waals surface area contributed by atoms with Crippen molar-refractivity contribution < 1.29 is 9.90 Å². The van der Waals surface area contributed by atoms with Gasteiger partial charge in [-0.25, -0.2) is 9.97 Å². The van der Waals surface area contributed by atoms with Gasteiger partial charge in [0.15, 0.2) is 0 Å². The Morgan fingerprint density at radius 3 is 2.87 bits per heavy atom. The average Bonchev–Trinajstić information content (AvgIpc) is 2.27. The van der Waals surface area contributed by atoms with Crippen LogP contribution in [0.15, 0.2) is 12.3 Å². The van der Waals surface area contributed by atoms with Crippen molar-refractivity contribution in [3.8, 4) is 0 Å². The predicted octanol–water partition coefficient (Wildman–Crippen LogP) is -1.17. The second-order valence-corrected chi connectivity index (χ2v) is 3.19. The van der Waals surface area contributed by atoms with Crippen LogP contribution in [0.4, 0.5) is 0 Å². The van der Waals surface area contributed by atoms with E-state index >= 15 is 0 Å². The highest BCUT2D eigenvalue weighted by molar-refractivity contribution is 5.98. The maximum atomic E-state index is 11.6. The van der Waals surface area contributed by atoms with E-state index < -0.39 is 17.9 Å². The highest BCUT2D eigenvalue weighted by atomic mass is 16.3. The first kappa shape index (κ1) is 11.7. The molecular formula is C9H14N4O2. The standard InChI is InChI=1S/C9H14N4O2/c1-5(14)8(11)9(15)6-2-3-12-7(4-10)13-6/h2-3,5,8,14H,4,10-11H2,1H3/t5-,8+/m1/s1. The summed E-state index contributed by atoms with van der Waals surface area (Å²) in [5, 5.41) is 9.17. The molecule has 0 aliphatic heterocycles. The molecule has 0 saturated heterocycles. The summed E-state index contributed by atoms with van der Waals surface area (Å²) in [6, 6.07) is 0.481. The van der Waals surface area contributed by atoms with Crippen molar-refractivity contribution in [2.24, 2.45) is 11.5 Å². The van der Waals surface area contributed by atoms with Crippen LogP contribution in [0.5, 0.6) is 0 Å². The van der Waals surface area contributed by atoms with Crippen molar-refractivity contribution >= 4 is 5.78 Å². The van der Waals surface area contributed by atoms with Crippen LogP contribution in [0.25, 0.3) is 0 Å². The Hall–Kier alpha value is -1.37. The number of carbonyl (C=O) groups is 1. The Labute approximate surface area is 87.3 Å². The Morgan fingerprint density at radius 2 is 2.33 bits per heavy atom. The van der Waals surface area contributed by atoms with Crippen LogP contribution in [-0.2, 0) is 6.54 Å². The predicted molar refractivity (Wildman–Crippen MR) is 53.9 cm³/mol. The van der Waals surface area contributed by atoms with E-state index in [1.807, 2.05) is 0 Å². The van der Waals surface area contributed by atoms with Crippen LogP contribution in [0, 0.1) is 0 Å². The topological polar surface area (TPSA) is 115 Å². The van der Waals surface area contributed by atoms with E-state index in [2.05, 4.69) is 9.97 Å². The minimum absolute atomic E-state index is 0.158. The van der Waals surface area contributed by atoms with Gasteiger partial charge in [-0.3, -0.25) is 4.79 Å². The Kier molecular flexibility index (Phi) is 3.84. The van der Waals surface area contributed by atoms with Gasteiger partial charge >= 0.3 is 0 Å². The summed E-state index contributed by atoms with van der Waals surface area (Å²) in [6.45, 7) is 1.61. The number of nitrogens with two attached hydrogens (primary N) is 2. The molecule has 6 nitrogen and oxygen atoms in total. The molecule has 1 rings (SSSR count). The molecule has 82 valence electrons. The van der Waals surface area contributed by atoms with Gasteiger partial charge in [-0.2, -0.15) is 0 Å². The molecule has 5 N–H and O–H groups in total. The molecule has 0 bridgehead atoms. The van der Waals surface area contributed by atoms with E-state index in [4.69, 9.17) is 16.6 Å². The lowest BCUT2D eigenvalue weighted by Crippen LogP contribution is -2.40. The molecule has 2 atom stereocenters. The van der Waals surface area contributed by atoms with Crippen LogP contribution in [0.1, 0.15) is 23.2 Å². The molecule has 0 radical (unpaired) electrons. The molecule has 0 fully saturated rings. The van der Waals surface area contributed by atoms with Gasteiger partial charge < -0.3 is 16.6 Å². The molecule has 0 aromatic carbocycles. The first-order valence-corrected chi connectivity index (χ1v) is 4.56. The zero-order valence-corrected chi connectivity index (χ0v) is 8.42. The SMILES string of the molecule is C[C@@H](O)[C@H](N)C(=O)c1ccnc(CN)n1. The highest BCUT2D eigenvalue weighted by Gasteiger charge is 2.21. The summed E-state index contributed by atoms with van der Waals surface area (Å²) < 4.78 is 0. The average molecular weight is 210 g/mol. The summed E-state index contributed by atoms with van der Waals surface area (Å²) in [6.07, 6.45) is 0.533. The number of rotatable bonds is 4. The van der Waals surface area contributed by atoms with Gasteiger partial charge in [-0.15, -0.1) is 0 Å². The lowest BCUT2D eigenvalue weighted by atomic mass is 10.1. The number of aliphatic hydroxyl groups is 1. The monoisotopic (exact) mass is 210 g/mol. The molecule has 6 heteroatoms. The van der Waals surface area contributed by atoms with Gasteiger partial charge in [0.05, 0.1) is 18.7 Å². The Morgan fingerprint density at radius 1 is 1.67 bits per heavy atom. The number of nitrogens with zero attached hydrogens (tertiary/aromatic N) is 2. The number of hydrogen-bond donors (Lipinski definition) is 3. The molecule has 0 amide bonds. The van der Waals surface area contributed by atoms with Crippen LogP contribution < -0.4 is 11.5 Å². The molecule has 0 aliphatic carbocycles. The van der Waals surface area contributed by atoms with E-state index in [0.717, 1.165) is 0 Å². The molecular weight excluding hydrogens is 196 g/mol. The summed E-state index contributed by atoms with van der Waals surface area (Å²) in [5.41, 5.74) is 11.0. The van der Waals surface area contributed by atoms with E-state index in [-0.39, 0.29) is 12.2 Å². The quantitative estimate of drug-likeness (QED) is 0.539. The fourth-order valence-corrected chi connectivity index (χ4v) is 1.02. The maximum absolute atomic E-state index is 11.6. The Balaban J connectivity index is 2.91. The van der Waals surface area contributed by atoms with Crippen LogP contribution in [0.3, 0.4) is 0 Å². The van der Waals surface area contributed by atoms with Crippen molar-refractivity contribution in [1.82, 2.24) is 9.97 Å². The summed E-state index contributed by atoms with van der Waals surface area (Å²) >= 11 is 0. The summed E-state index contributed by atoms with van der Waals surface area (Å²) in [5.74, 6) is -0.0410. The lowest BCUT2D eigenvalue weighted by Gasteiger charge is -2.12. The number of Topliss-reactive ketones (excluding diaryl/α,β-unsaturated/α-hetero) is 1. The molecule has 0 aliphatic rings. The third-order valence-corrected chi connectivity index (χ3v) is 1.96. The maximum Gasteiger partial charge on any atom is 0.200 e. The van der Waals surface area contributed by atoms with E-state index in [0.29, 0.717) is 5.82 Å². The third kappa shape index (κ3) is 2.79. The molecule has 1 aromatic heterocycles. The van der Waals surface area contributed by atoms with E-state index in [9.17, 15) is 4.79 Å². The number of carbonyl (C=O) groups excluding carboxylic acids is 1. The number of hydrogen-bond acceptors (Lipinski definition) is 6. The van der Waals surface area contributed by atoms with E-state index in [1.54, 1.807) is 0 Å². The van der Waals surface area contributed by atoms with Crippen molar-refractivity contribution in [1.29, 1.82) is 0 Å². The zero-order chi connectivity index (χ0) is 11.4. The van der Waals surface area contributed by atoms with Crippen LogP contribution in [-0.4, -0.2) is 33.0 Å². The normalized spacial score (nSPS) is 14.7. The third-order valence-electron chi connectivity index (χ3n) is 1.96. The molecule has 0 unspecified atom stereocenters. The van der Waals surface area contributed by atoms with Gasteiger partial charge in [0.1, 0.15) is 11.5 Å². The van der Waals surface area contributed by atoms with Gasteiger partial charge in [0, 0.05) is 6.20 Å².